The number of hydrogen-bond acceptors (Lipinski definition) is 2. The van der Waals surface area contributed by atoms with E-state index in [0.29, 0.717) is 5.75 Å². The maximum absolute atomic E-state index is 9.99. The van der Waals surface area contributed by atoms with Gasteiger partial charge in [-0.25, -0.2) is 4.68 Å². The van der Waals surface area contributed by atoms with Crippen LogP contribution in [-0.4, -0.2) is 16.0 Å². The van der Waals surface area contributed by atoms with Crippen LogP contribution in [0, 0.1) is 35.1 Å². The number of benzene rings is 1. The van der Waals surface area contributed by atoms with Gasteiger partial charge in [0, 0.05) is 33.4 Å². The smallest absolute Gasteiger partial charge is 0.127 e. The first kappa shape index (κ1) is 23.7. The summed E-state index contributed by atoms with van der Waals surface area (Å²) in [5, 5.41) is 14.4. The van der Waals surface area contributed by atoms with Crippen LogP contribution in [0.1, 0.15) is 48.3 Å². The third-order valence-corrected chi connectivity index (χ3v) is 3.02. The first-order valence-corrected chi connectivity index (χ1v) is 7.40. The summed E-state index contributed by atoms with van der Waals surface area (Å²) in [7, 11) is 0. The van der Waals surface area contributed by atoms with Crippen molar-refractivity contribution < 1.29 is 21.6 Å². The Kier molecular flexibility index (Phi) is 11.4. The van der Waals surface area contributed by atoms with Crippen LogP contribution in [0.5, 0.6) is 5.75 Å². The fourth-order valence-electron chi connectivity index (χ4n) is 2.05. The standard InChI is InChI=1S/C15H18N2O.C3H8.CH3.Ni/c1-10-7-11(2)15(18)14(8-10)9-16-17-12(3)5-6-13(17)4;1-3-2;;/h5-9,18H,1-4H3;3H2,1-2H3;1H3;/q;;-1;. The fourth-order valence-corrected chi connectivity index (χ4v) is 2.05. The Morgan fingerprint density at radius 1 is 1.04 bits per heavy atom. The molecule has 2 rings (SSSR count). The number of aromatic hydroxyl groups is 1. The van der Waals surface area contributed by atoms with Crippen molar-refractivity contribution in [2.24, 2.45) is 5.10 Å². The Morgan fingerprint density at radius 2 is 1.52 bits per heavy atom. The zero-order valence-electron chi connectivity index (χ0n) is 15.3. The number of phenols is 1. The van der Waals surface area contributed by atoms with Gasteiger partial charge in [0.25, 0.3) is 0 Å². The Hall–Kier alpha value is -1.54. The summed E-state index contributed by atoms with van der Waals surface area (Å²) in [6.07, 6.45) is 2.95. The SMILES string of the molecule is CCC.Cc1cc(C)c(O)c(C=Nn2c(C)ccc2C)c1.[CH3-].[Ni]. The molecule has 0 fully saturated rings. The predicted molar refractivity (Wildman–Crippen MR) is 96.9 cm³/mol. The summed E-state index contributed by atoms with van der Waals surface area (Å²) < 4.78 is 1.86. The number of rotatable bonds is 2. The molecular formula is C19H29N2NiO-. The van der Waals surface area contributed by atoms with Gasteiger partial charge in [0.15, 0.2) is 0 Å². The molecule has 0 saturated carbocycles. The Balaban J connectivity index is 0. The van der Waals surface area contributed by atoms with E-state index >= 15 is 0 Å². The maximum atomic E-state index is 9.99. The summed E-state index contributed by atoms with van der Waals surface area (Å²) in [6.45, 7) is 12.2. The molecule has 1 aromatic carbocycles. The topological polar surface area (TPSA) is 37.5 Å². The van der Waals surface area contributed by atoms with Crippen LogP contribution in [0.2, 0.25) is 0 Å². The molecule has 23 heavy (non-hydrogen) atoms. The summed E-state index contributed by atoms with van der Waals surface area (Å²) in [4.78, 5) is 0. The van der Waals surface area contributed by atoms with E-state index in [9.17, 15) is 5.11 Å². The van der Waals surface area contributed by atoms with E-state index in [4.69, 9.17) is 0 Å². The van der Waals surface area contributed by atoms with Crippen LogP contribution in [-0.2, 0) is 16.5 Å². The molecule has 0 amide bonds. The monoisotopic (exact) mass is 359 g/mol. The third kappa shape index (κ3) is 6.62. The van der Waals surface area contributed by atoms with Crippen LogP contribution in [0.25, 0.3) is 0 Å². The van der Waals surface area contributed by atoms with Gasteiger partial charge in [0.05, 0.1) is 6.21 Å². The van der Waals surface area contributed by atoms with Crippen molar-refractivity contribution in [1.29, 1.82) is 0 Å². The molecule has 0 saturated heterocycles. The molecular weight excluding hydrogens is 331 g/mol. The molecule has 0 aliphatic heterocycles. The van der Waals surface area contributed by atoms with Crippen molar-refractivity contribution in [2.45, 2.75) is 48.0 Å². The second-order valence-corrected chi connectivity index (χ2v) is 5.40. The molecule has 0 unspecified atom stereocenters. The van der Waals surface area contributed by atoms with Crippen molar-refractivity contribution in [3.8, 4) is 5.75 Å². The van der Waals surface area contributed by atoms with E-state index in [1.54, 1.807) is 6.21 Å². The van der Waals surface area contributed by atoms with E-state index in [1.807, 2.05) is 56.6 Å². The van der Waals surface area contributed by atoms with E-state index in [1.165, 1.54) is 6.42 Å². The summed E-state index contributed by atoms with van der Waals surface area (Å²) in [6, 6.07) is 7.93. The normalized spacial score (nSPS) is 9.65. The molecule has 2 aromatic rings. The van der Waals surface area contributed by atoms with Crippen molar-refractivity contribution in [2.75, 3.05) is 0 Å². The molecule has 0 bridgehead atoms. The minimum absolute atomic E-state index is 0. The average molecular weight is 360 g/mol. The summed E-state index contributed by atoms with van der Waals surface area (Å²) in [5.74, 6) is 0.298. The number of aryl methyl sites for hydroxylation is 4. The van der Waals surface area contributed by atoms with Crippen LogP contribution >= 0.6 is 0 Å². The van der Waals surface area contributed by atoms with Gasteiger partial charge in [-0.3, -0.25) is 0 Å². The largest absolute Gasteiger partial charge is 0.507 e. The molecule has 1 heterocycles. The second kappa shape index (κ2) is 11.1. The van der Waals surface area contributed by atoms with Crippen molar-refractivity contribution >= 4 is 6.21 Å². The van der Waals surface area contributed by atoms with Crippen molar-refractivity contribution in [3.05, 3.63) is 59.8 Å². The Labute approximate surface area is 151 Å². The minimum atomic E-state index is 0. The fraction of sp³-hybridized carbons (Fsp3) is 0.368. The second-order valence-electron chi connectivity index (χ2n) is 5.40. The third-order valence-electron chi connectivity index (χ3n) is 3.02. The maximum Gasteiger partial charge on any atom is 0.127 e. The van der Waals surface area contributed by atoms with Gasteiger partial charge in [0.1, 0.15) is 5.75 Å². The molecule has 3 nitrogen and oxygen atoms in total. The van der Waals surface area contributed by atoms with Crippen molar-refractivity contribution in [3.63, 3.8) is 0 Å². The Bertz CT molecular complexity index is 611. The summed E-state index contributed by atoms with van der Waals surface area (Å²) in [5.41, 5.74) is 4.89. The van der Waals surface area contributed by atoms with Crippen LogP contribution in [0.15, 0.2) is 29.4 Å². The molecule has 1 aromatic heterocycles. The number of phenolic OH excluding ortho intramolecular Hbond substituents is 1. The van der Waals surface area contributed by atoms with Gasteiger partial charge in [-0.15, -0.1) is 0 Å². The van der Waals surface area contributed by atoms with Gasteiger partial charge in [-0.05, 0) is 57.0 Å². The van der Waals surface area contributed by atoms with Crippen LogP contribution in [0.4, 0.5) is 0 Å². The number of hydrogen-bond donors (Lipinski definition) is 1. The predicted octanol–water partition coefficient (Wildman–Crippen LogP) is 5.17. The molecule has 4 heteroatoms. The van der Waals surface area contributed by atoms with Gasteiger partial charge >= 0.3 is 0 Å². The number of nitrogens with zero attached hydrogens (tertiary/aromatic N) is 2. The van der Waals surface area contributed by atoms with E-state index in [-0.39, 0.29) is 23.9 Å². The van der Waals surface area contributed by atoms with E-state index < -0.39 is 0 Å². The molecule has 1 N–H and O–H groups in total. The number of aromatic nitrogens is 1. The van der Waals surface area contributed by atoms with Crippen LogP contribution in [0.3, 0.4) is 0 Å². The molecule has 0 aliphatic carbocycles. The first-order valence-electron chi connectivity index (χ1n) is 7.40. The van der Waals surface area contributed by atoms with Gasteiger partial charge in [-0.2, -0.15) is 5.10 Å². The van der Waals surface area contributed by atoms with Gasteiger partial charge in [0.2, 0.25) is 0 Å². The zero-order chi connectivity index (χ0) is 16.0. The average Bonchev–Trinajstić information content (AvgIpc) is 2.73. The van der Waals surface area contributed by atoms with Gasteiger partial charge < -0.3 is 12.5 Å². The Morgan fingerprint density at radius 3 is 2.00 bits per heavy atom. The van der Waals surface area contributed by atoms with E-state index in [2.05, 4.69) is 18.9 Å². The molecule has 132 valence electrons. The van der Waals surface area contributed by atoms with Crippen molar-refractivity contribution in [1.82, 2.24) is 4.68 Å². The quantitative estimate of drug-likeness (QED) is 0.448. The van der Waals surface area contributed by atoms with Gasteiger partial charge in [-0.1, -0.05) is 26.3 Å². The first-order chi connectivity index (χ1) is 9.90. The molecule has 0 spiro atoms. The van der Waals surface area contributed by atoms with E-state index in [0.717, 1.165) is 28.1 Å². The zero-order valence-corrected chi connectivity index (χ0v) is 16.2. The van der Waals surface area contributed by atoms with Crippen LogP contribution < -0.4 is 0 Å². The molecule has 0 aliphatic rings. The summed E-state index contributed by atoms with van der Waals surface area (Å²) >= 11 is 0. The molecule has 0 atom stereocenters. The molecule has 0 radical (unpaired) electrons. The minimum Gasteiger partial charge on any atom is -0.507 e.